The highest BCUT2D eigenvalue weighted by atomic mass is 32.2. The number of aromatic nitrogens is 4. The molecule has 1 saturated heterocycles. The van der Waals surface area contributed by atoms with Gasteiger partial charge in [0, 0.05) is 43.2 Å². The predicted octanol–water partition coefficient (Wildman–Crippen LogP) is 2.52. The van der Waals surface area contributed by atoms with Crippen molar-refractivity contribution in [2.24, 2.45) is 0 Å². The van der Waals surface area contributed by atoms with Crippen LogP contribution in [0.2, 0.25) is 0 Å². The highest BCUT2D eigenvalue weighted by molar-refractivity contribution is 7.89. The summed E-state index contributed by atoms with van der Waals surface area (Å²) in [5, 5.41) is 25.8. The molecule has 3 N–H and O–H groups in total. The molecular weight excluding hydrogens is 512 g/mol. The zero-order chi connectivity index (χ0) is 25.8. The van der Waals surface area contributed by atoms with E-state index in [1.165, 1.54) is 6.07 Å². The molecule has 5 rings (SSSR count). The van der Waals surface area contributed by atoms with E-state index >= 15 is 0 Å². The van der Waals surface area contributed by atoms with E-state index in [2.05, 4.69) is 20.2 Å². The Balaban J connectivity index is 1.77. The first kappa shape index (κ1) is 25.4. The summed E-state index contributed by atoms with van der Waals surface area (Å²) < 4.78 is 57.1. The van der Waals surface area contributed by atoms with Gasteiger partial charge in [0.15, 0.2) is 10.0 Å². The lowest BCUT2D eigenvalue weighted by molar-refractivity contribution is 0.150. The summed E-state index contributed by atoms with van der Waals surface area (Å²) >= 11 is 0.794. The number of aliphatic hydroxyl groups excluding tert-OH is 1. The zero-order valence-corrected chi connectivity index (χ0v) is 21.8. The Morgan fingerprint density at radius 3 is 2.67 bits per heavy atom. The smallest absolute Gasteiger partial charge is 0.291 e. The lowest BCUT2D eigenvalue weighted by atomic mass is 9.98. The average Bonchev–Trinajstić information content (AvgIpc) is 3.40. The van der Waals surface area contributed by atoms with Crippen LogP contribution >= 0.6 is 11.3 Å². The summed E-state index contributed by atoms with van der Waals surface area (Å²) in [5.74, 6) is 0.689. The van der Waals surface area contributed by atoms with Gasteiger partial charge in [-0.05, 0) is 32.8 Å². The number of anilines is 1. The molecule has 36 heavy (non-hydrogen) atoms. The quantitative estimate of drug-likeness (QED) is 0.397. The third-order valence-corrected chi connectivity index (χ3v) is 8.80. The molecule has 0 spiro atoms. The second-order valence-electron chi connectivity index (χ2n) is 9.92. The molecule has 10 nitrogen and oxygen atoms in total. The van der Waals surface area contributed by atoms with Crippen LogP contribution in [0.1, 0.15) is 56.7 Å². The maximum atomic E-state index is 13.3. The molecule has 0 bridgehead atoms. The van der Waals surface area contributed by atoms with Crippen molar-refractivity contribution in [1.29, 1.82) is 0 Å². The molecule has 2 fully saturated rings. The highest BCUT2D eigenvalue weighted by Crippen LogP contribution is 2.47. The van der Waals surface area contributed by atoms with Crippen LogP contribution in [0.25, 0.3) is 16.1 Å². The molecule has 196 valence electrons. The predicted molar refractivity (Wildman–Crippen MR) is 132 cm³/mol. The average molecular weight is 542 g/mol. The number of sulfonamides is 1. The molecular formula is C22H29F2N7O3S2. The maximum absolute atomic E-state index is 13.3. The van der Waals surface area contributed by atoms with Crippen molar-refractivity contribution in [2.45, 2.75) is 62.4 Å². The van der Waals surface area contributed by atoms with Gasteiger partial charge in [0.25, 0.3) is 6.43 Å². The molecule has 0 unspecified atom stereocenters. The molecule has 1 saturated carbocycles. The minimum Gasteiger partial charge on any atom is -0.395 e. The number of alkyl halides is 2. The third kappa shape index (κ3) is 4.72. The molecule has 1 atom stereocenters. The number of nitrogens with one attached hydrogen (secondary N) is 2. The monoisotopic (exact) mass is 541 g/mol. The fraction of sp³-hybridized carbons (Fsp3) is 0.591. The number of aliphatic hydroxyl groups is 1. The molecule has 4 heterocycles. The molecule has 0 amide bonds. The molecule has 0 aromatic carbocycles. The van der Waals surface area contributed by atoms with Gasteiger partial charge in [0.1, 0.15) is 5.82 Å². The molecule has 1 aliphatic carbocycles. The van der Waals surface area contributed by atoms with Gasteiger partial charge in [-0.3, -0.25) is 0 Å². The van der Waals surface area contributed by atoms with Crippen LogP contribution in [0.3, 0.4) is 0 Å². The zero-order valence-electron chi connectivity index (χ0n) is 20.2. The van der Waals surface area contributed by atoms with E-state index in [1.807, 2.05) is 18.7 Å². The van der Waals surface area contributed by atoms with E-state index < -0.39 is 21.5 Å². The summed E-state index contributed by atoms with van der Waals surface area (Å²) in [5.41, 5.74) is 1.36. The molecule has 3 aromatic heterocycles. The van der Waals surface area contributed by atoms with Gasteiger partial charge >= 0.3 is 0 Å². The summed E-state index contributed by atoms with van der Waals surface area (Å²) in [6, 6.07) is 2.88. The normalized spacial score (nSPS) is 20.5. The van der Waals surface area contributed by atoms with Gasteiger partial charge in [-0.1, -0.05) is 18.3 Å². The molecule has 14 heteroatoms. The lowest BCUT2D eigenvalue weighted by Crippen LogP contribution is -2.63. The van der Waals surface area contributed by atoms with E-state index in [1.54, 1.807) is 17.5 Å². The second kappa shape index (κ2) is 9.24. The summed E-state index contributed by atoms with van der Waals surface area (Å²) in [4.78, 5) is 2.05. The van der Waals surface area contributed by atoms with E-state index in [0.717, 1.165) is 24.2 Å². The van der Waals surface area contributed by atoms with Gasteiger partial charge < -0.3 is 15.3 Å². The second-order valence-corrected chi connectivity index (χ2v) is 12.7. The van der Waals surface area contributed by atoms with Crippen LogP contribution in [-0.2, 0) is 10.0 Å². The first-order valence-electron chi connectivity index (χ1n) is 11.8. The van der Waals surface area contributed by atoms with Gasteiger partial charge in [-0.15, -0.1) is 10.2 Å². The number of halogens is 2. The number of rotatable bonds is 8. The molecule has 1 aliphatic heterocycles. The Labute approximate surface area is 211 Å². The number of hydrogen-bond acceptors (Lipinski definition) is 9. The summed E-state index contributed by atoms with van der Waals surface area (Å²) in [6.45, 7) is 6.81. The summed E-state index contributed by atoms with van der Waals surface area (Å²) in [7, 11) is -3.85. The minimum absolute atomic E-state index is 0.0471. The van der Waals surface area contributed by atoms with Crippen LogP contribution < -0.4 is 14.9 Å². The number of pyridine rings is 1. The topological polar surface area (TPSA) is 125 Å². The van der Waals surface area contributed by atoms with Crippen LogP contribution in [0.15, 0.2) is 17.0 Å². The van der Waals surface area contributed by atoms with Gasteiger partial charge in [0.05, 0.1) is 28.3 Å². The molecule has 0 radical (unpaired) electrons. The maximum Gasteiger partial charge on any atom is 0.291 e. The fourth-order valence-electron chi connectivity index (χ4n) is 4.79. The Morgan fingerprint density at radius 2 is 2.06 bits per heavy atom. The van der Waals surface area contributed by atoms with Crippen molar-refractivity contribution in [3.05, 3.63) is 22.8 Å². The summed E-state index contributed by atoms with van der Waals surface area (Å²) in [6.07, 6.45) is -0.938. The van der Waals surface area contributed by atoms with Crippen molar-refractivity contribution in [3.63, 3.8) is 0 Å². The fourth-order valence-corrected chi connectivity index (χ4v) is 6.63. The number of hydrogen-bond donors (Lipinski definition) is 3. The van der Waals surface area contributed by atoms with Crippen LogP contribution in [0.5, 0.6) is 0 Å². The van der Waals surface area contributed by atoms with Gasteiger partial charge in [-0.2, -0.15) is 5.10 Å². The van der Waals surface area contributed by atoms with Crippen molar-refractivity contribution in [2.75, 3.05) is 31.1 Å². The Bertz CT molecular complexity index is 1390. The number of piperazine rings is 1. The van der Waals surface area contributed by atoms with Crippen LogP contribution in [0.4, 0.5) is 14.6 Å². The standard InChI is InChI=1S/C22H29F2N7O3S2/c1-4-25-36(33,34)14-7-15-17(20-27-28-21(35-20)19(23)24)18(12-5-6-12)29-31(15)16(8-14)30-9-13(10-32)26-22(2,3)11-30/h7-8,12-13,19,25-26,32H,4-6,9-11H2,1-3H3/t13-/m1/s1. The molecule has 2 aliphatic rings. The minimum atomic E-state index is -3.85. The van der Waals surface area contributed by atoms with Crippen molar-refractivity contribution >= 4 is 32.7 Å². The highest BCUT2D eigenvalue weighted by Gasteiger charge is 2.37. The van der Waals surface area contributed by atoms with Crippen LogP contribution in [0, 0.1) is 0 Å². The van der Waals surface area contributed by atoms with E-state index in [0.29, 0.717) is 40.7 Å². The van der Waals surface area contributed by atoms with Crippen molar-refractivity contribution < 1.29 is 22.3 Å². The first-order valence-corrected chi connectivity index (χ1v) is 14.1. The largest absolute Gasteiger partial charge is 0.395 e. The van der Waals surface area contributed by atoms with Crippen molar-refractivity contribution in [1.82, 2.24) is 29.9 Å². The lowest BCUT2D eigenvalue weighted by Gasteiger charge is -2.44. The van der Waals surface area contributed by atoms with Crippen molar-refractivity contribution in [3.8, 4) is 10.6 Å². The Hall–Kier alpha value is -2.26. The van der Waals surface area contributed by atoms with E-state index in [-0.39, 0.29) is 35.5 Å². The van der Waals surface area contributed by atoms with Gasteiger partial charge in [-0.25, -0.2) is 26.4 Å². The van der Waals surface area contributed by atoms with Gasteiger partial charge in [0.2, 0.25) is 10.0 Å². The van der Waals surface area contributed by atoms with Crippen LogP contribution in [-0.4, -0.2) is 71.2 Å². The molecule has 3 aromatic rings. The van der Waals surface area contributed by atoms with E-state index in [4.69, 9.17) is 5.10 Å². The SMILES string of the molecule is CCNS(=O)(=O)c1cc(N2C[C@H](CO)NC(C)(C)C2)n2nc(C3CC3)c(-c3nnc(C(F)F)s3)c2c1. The third-order valence-electron chi connectivity index (χ3n) is 6.33. The number of nitrogens with zero attached hydrogens (tertiary/aromatic N) is 5. The van der Waals surface area contributed by atoms with E-state index in [9.17, 15) is 22.3 Å². The Kier molecular flexibility index (Phi) is 6.52. The Morgan fingerprint density at radius 1 is 1.31 bits per heavy atom. The first-order chi connectivity index (χ1) is 17.0. The number of fused-ring (bicyclic) bond motifs is 1.